The molecule has 0 atom stereocenters. The van der Waals surface area contributed by atoms with Gasteiger partial charge in [0, 0.05) is 34.7 Å². The van der Waals surface area contributed by atoms with Gasteiger partial charge in [-0.15, -0.1) is 0 Å². The molecule has 0 bridgehead atoms. The summed E-state index contributed by atoms with van der Waals surface area (Å²) in [5.74, 6) is -0.454. The Morgan fingerprint density at radius 3 is 2.07 bits per heavy atom. The van der Waals surface area contributed by atoms with Crippen molar-refractivity contribution in [3.8, 4) is 11.4 Å². The van der Waals surface area contributed by atoms with Crippen molar-refractivity contribution in [2.24, 2.45) is 0 Å². The molecule has 0 saturated carbocycles. The van der Waals surface area contributed by atoms with Gasteiger partial charge in [0.2, 0.25) is 0 Å². The minimum Gasteiger partial charge on any atom is -0.441 e. The lowest BCUT2D eigenvalue weighted by Crippen LogP contribution is -2.34. The van der Waals surface area contributed by atoms with Gasteiger partial charge in [-0.3, -0.25) is 9.97 Å². The van der Waals surface area contributed by atoms with E-state index in [0.717, 1.165) is 38.9 Å². The highest BCUT2D eigenvalue weighted by Crippen LogP contribution is 2.53. The summed E-state index contributed by atoms with van der Waals surface area (Å²) in [7, 11) is 0. The van der Waals surface area contributed by atoms with Gasteiger partial charge in [0.15, 0.2) is 5.60 Å². The maximum atomic E-state index is 12.9. The third-order valence-electron chi connectivity index (χ3n) is 5.36. The average molecular weight is 378 g/mol. The Kier molecular flexibility index (Phi) is 3.81. The van der Waals surface area contributed by atoms with Crippen molar-refractivity contribution < 1.29 is 9.53 Å². The summed E-state index contributed by atoms with van der Waals surface area (Å²) in [4.78, 5) is 22.0. The van der Waals surface area contributed by atoms with Gasteiger partial charge >= 0.3 is 5.97 Å². The van der Waals surface area contributed by atoms with E-state index in [4.69, 9.17) is 4.74 Å². The molecule has 4 nitrogen and oxygen atoms in total. The van der Waals surface area contributed by atoms with E-state index in [2.05, 4.69) is 28.7 Å². The molecule has 0 amide bonds. The summed E-state index contributed by atoms with van der Waals surface area (Å²) in [6, 6.07) is 21.8. The molecule has 0 spiro atoms. The third kappa shape index (κ3) is 2.42. The van der Waals surface area contributed by atoms with Crippen LogP contribution in [0.5, 0.6) is 0 Å². The van der Waals surface area contributed by atoms with Crippen LogP contribution in [-0.2, 0) is 15.1 Å². The smallest absolute Gasteiger partial charge is 0.334 e. The van der Waals surface area contributed by atoms with Gasteiger partial charge in [-0.25, -0.2) is 4.79 Å². The first kappa shape index (κ1) is 17.3. The van der Waals surface area contributed by atoms with Crippen LogP contribution < -0.4 is 0 Å². The number of fused-ring (bicyclic) bond motifs is 4. The van der Waals surface area contributed by atoms with Crippen molar-refractivity contribution in [3.05, 3.63) is 108 Å². The quantitative estimate of drug-likeness (QED) is 0.371. The summed E-state index contributed by atoms with van der Waals surface area (Å²) >= 11 is 0. The van der Waals surface area contributed by atoms with E-state index in [1.54, 1.807) is 19.3 Å². The number of carbonyl (C=O) groups excluding carboxylic acids is 1. The Morgan fingerprint density at radius 2 is 1.41 bits per heavy atom. The number of pyridine rings is 2. The highest BCUT2D eigenvalue weighted by molar-refractivity contribution is 5.93. The van der Waals surface area contributed by atoms with Gasteiger partial charge in [0.05, 0.1) is 11.4 Å². The van der Waals surface area contributed by atoms with Crippen LogP contribution in [0.3, 0.4) is 0 Å². The maximum Gasteiger partial charge on any atom is 0.334 e. The highest BCUT2D eigenvalue weighted by atomic mass is 16.6. The Hall–Kier alpha value is -3.79. The number of nitrogens with zero attached hydrogens (tertiary/aromatic N) is 2. The summed E-state index contributed by atoms with van der Waals surface area (Å²) in [5.41, 5.74) is 3.14. The number of esters is 1. The van der Waals surface area contributed by atoms with Gasteiger partial charge in [-0.2, -0.15) is 0 Å². The van der Waals surface area contributed by atoms with E-state index in [1.165, 1.54) is 0 Å². The van der Waals surface area contributed by atoms with Crippen molar-refractivity contribution in [3.63, 3.8) is 0 Å². The van der Waals surface area contributed by atoms with Crippen LogP contribution in [0.2, 0.25) is 0 Å². The second-order valence-electron chi connectivity index (χ2n) is 7.18. The van der Waals surface area contributed by atoms with E-state index in [-0.39, 0.29) is 0 Å². The third-order valence-corrected chi connectivity index (χ3v) is 5.36. The molecule has 140 valence electrons. The summed E-state index contributed by atoms with van der Waals surface area (Å²) < 4.78 is 6.29. The molecule has 2 heterocycles. The summed E-state index contributed by atoms with van der Waals surface area (Å²) in [6.07, 6.45) is 3.47. The molecule has 1 aliphatic carbocycles. The standard InChI is InChI=1S/C25H18N2O2/c1-16(2)24(28)29-25(19-11-5-9-17-8-3-4-10-18(17)19)20-12-6-14-26-22(20)23-21(25)13-7-15-27-23/h3-15H,1H2,2H3. The first-order valence-corrected chi connectivity index (χ1v) is 9.41. The molecule has 2 aromatic heterocycles. The molecule has 0 saturated heterocycles. The highest BCUT2D eigenvalue weighted by Gasteiger charge is 2.50. The lowest BCUT2D eigenvalue weighted by molar-refractivity contribution is -0.148. The number of aromatic nitrogens is 2. The SMILES string of the molecule is C=C(C)C(=O)OC1(c2cccc3ccccc23)c2cccnc2-c2ncccc21. The Bertz CT molecular complexity index is 1240. The molecule has 0 radical (unpaired) electrons. The Balaban J connectivity index is 1.93. The number of carbonyl (C=O) groups is 1. The normalized spacial score (nSPS) is 13.6. The largest absolute Gasteiger partial charge is 0.441 e. The van der Waals surface area contributed by atoms with Crippen LogP contribution in [-0.4, -0.2) is 15.9 Å². The van der Waals surface area contributed by atoms with Crippen LogP contribution in [0.25, 0.3) is 22.2 Å². The second-order valence-corrected chi connectivity index (χ2v) is 7.18. The molecule has 4 aromatic rings. The first-order chi connectivity index (χ1) is 14.1. The Morgan fingerprint density at radius 1 is 0.828 bits per heavy atom. The second kappa shape index (κ2) is 6.38. The molecular formula is C25H18N2O2. The van der Waals surface area contributed by atoms with E-state index in [1.807, 2.05) is 54.6 Å². The van der Waals surface area contributed by atoms with E-state index in [0.29, 0.717) is 5.57 Å². The first-order valence-electron chi connectivity index (χ1n) is 9.41. The molecule has 2 aromatic carbocycles. The van der Waals surface area contributed by atoms with Crippen LogP contribution in [0, 0.1) is 0 Å². The minimum atomic E-state index is -1.15. The van der Waals surface area contributed by atoms with Crippen LogP contribution >= 0.6 is 0 Å². The number of hydrogen-bond donors (Lipinski definition) is 0. The molecule has 4 heteroatoms. The van der Waals surface area contributed by atoms with E-state index >= 15 is 0 Å². The molecular weight excluding hydrogens is 360 g/mol. The fraction of sp³-hybridized carbons (Fsp3) is 0.0800. The fourth-order valence-corrected chi connectivity index (χ4v) is 4.11. The average Bonchev–Trinajstić information content (AvgIpc) is 3.04. The lowest BCUT2D eigenvalue weighted by atomic mass is 9.82. The number of benzene rings is 2. The van der Waals surface area contributed by atoms with Gasteiger partial charge in [0.1, 0.15) is 0 Å². The van der Waals surface area contributed by atoms with Gasteiger partial charge < -0.3 is 4.74 Å². The van der Waals surface area contributed by atoms with Gasteiger partial charge in [0.25, 0.3) is 0 Å². The predicted molar refractivity (Wildman–Crippen MR) is 112 cm³/mol. The molecule has 29 heavy (non-hydrogen) atoms. The van der Waals surface area contributed by atoms with Crippen molar-refractivity contribution in [1.29, 1.82) is 0 Å². The maximum absolute atomic E-state index is 12.9. The summed E-state index contributed by atoms with van der Waals surface area (Å²) in [6.45, 7) is 5.45. The summed E-state index contributed by atoms with van der Waals surface area (Å²) in [5, 5.41) is 2.08. The molecule has 0 N–H and O–H groups in total. The monoisotopic (exact) mass is 378 g/mol. The lowest BCUT2D eigenvalue weighted by Gasteiger charge is -2.33. The van der Waals surface area contributed by atoms with Crippen molar-refractivity contribution in [2.75, 3.05) is 0 Å². The molecule has 0 aliphatic heterocycles. The van der Waals surface area contributed by atoms with Gasteiger partial charge in [-0.1, -0.05) is 61.2 Å². The topological polar surface area (TPSA) is 52.1 Å². The predicted octanol–water partition coefficient (Wildman–Crippen LogP) is 5.02. The van der Waals surface area contributed by atoms with Crippen molar-refractivity contribution in [2.45, 2.75) is 12.5 Å². The van der Waals surface area contributed by atoms with Crippen molar-refractivity contribution >= 4 is 16.7 Å². The van der Waals surface area contributed by atoms with Crippen LogP contribution in [0.1, 0.15) is 23.6 Å². The van der Waals surface area contributed by atoms with Crippen molar-refractivity contribution in [1.82, 2.24) is 9.97 Å². The number of ether oxygens (including phenoxy) is 1. The van der Waals surface area contributed by atoms with Crippen LogP contribution in [0.4, 0.5) is 0 Å². The zero-order chi connectivity index (χ0) is 20.0. The molecule has 5 rings (SSSR count). The number of hydrogen-bond acceptors (Lipinski definition) is 4. The molecule has 1 aliphatic rings. The minimum absolute atomic E-state index is 0.340. The van der Waals surface area contributed by atoms with E-state index < -0.39 is 11.6 Å². The molecule has 0 fully saturated rings. The molecule has 0 unspecified atom stereocenters. The Labute approximate surface area is 168 Å². The van der Waals surface area contributed by atoms with Crippen LogP contribution in [0.15, 0.2) is 91.3 Å². The van der Waals surface area contributed by atoms with E-state index in [9.17, 15) is 4.79 Å². The number of rotatable bonds is 3. The fourth-order valence-electron chi connectivity index (χ4n) is 4.11. The zero-order valence-corrected chi connectivity index (χ0v) is 15.9. The van der Waals surface area contributed by atoms with Gasteiger partial charge in [-0.05, 0) is 29.8 Å². The zero-order valence-electron chi connectivity index (χ0n) is 15.9.